The van der Waals surface area contributed by atoms with E-state index in [1.54, 1.807) is 0 Å². The Morgan fingerprint density at radius 1 is 0.774 bits per heavy atom. The number of carbonyl (C=O) groups excluding carboxylic acids is 1. The van der Waals surface area contributed by atoms with E-state index in [0.29, 0.717) is 0 Å². The summed E-state index contributed by atoms with van der Waals surface area (Å²) in [5, 5.41) is 0. The summed E-state index contributed by atoms with van der Waals surface area (Å²) in [7, 11) is -18.0. The molecule has 0 atom stereocenters. The van der Waals surface area contributed by atoms with Crippen molar-refractivity contribution in [3.05, 3.63) is 0 Å². The predicted molar refractivity (Wildman–Crippen MR) is 95.2 cm³/mol. The molecule has 1 rings (SSSR count). The minimum absolute atomic E-state index is 0.160. The Hall–Kier alpha value is 0.221. The van der Waals surface area contributed by atoms with Crippen molar-refractivity contribution in [3.63, 3.8) is 0 Å². The zero-order valence-electron chi connectivity index (χ0n) is 17.2. The molecule has 0 aromatic heterocycles. The van der Waals surface area contributed by atoms with Crippen LogP contribution in [0.15, 0.2) is 0 Å². The summed E-state index contributed by atoms with van der Waals surface area (Å²) in [6.07, 6.45) is 0.905. The van der Waals surface area contributed by atoms with Crippen LogP contribution in [-0.4, -0.2) is 119 Å². The SMILES string of the molecule is CC(C)(C)OC(=O)N1CCCN([CH2][K])CC1.F[B-](F)(F)F.F[B-](F)(F)F.F[B-](F)(F)F. The molecule has 20 heteroatoms. The fourth-order valence-electron chi connectivity index (χ4n) is 1.80. The molecule has 0 aromatic rings. The van der Waals surface area contributed by atoms with Crippen LogP contribution in [0.1, 0.15) is 27.2 Å². The van der Waals surface area contributed by atoms with Gasteiger partial charge in [0.25, 0.3) is 0 Å². The van der Waals surface area contributed by atoms with Gasteiger partial charge in [0.2, 0.25) is 0 Å². The Kier molecular flexibility index (Phi) is 18.4. The van der Waals surface area contributed by atoms with E-state index in [9.17, 15) is 56.6 Å². The molecule has 0 unspecified atom stereocenters. The maximum absolute atomic E-state index is 11.9. The number of nitrogens with zero attached hydrogens (tertiary/aromatic N) is 2. The predicted octanol–water partition coefficient (Wildman–Crippen LogP) is 4.96. The maximum atomic E-state index is 11.9. The average Bonchev–Trinajstić information content (AvgIpc) is 2.65. The van der Waals surface area contributed by atoms with Gasteiger partial charge in [-0.15, -0.1) is 0 Å². The minimum Gasteiger partial charge on any atom is -0.418 e. The van der Waals surface area contributed by atoms with Crippen molar-refractivity contribution < 1.29 is 61.3 Å². The van der Waals surface area contributed by atoms with Crippen molar-refractivity contribution in [3.8, 4) is 0 Å². The third-order valence-corrected chi connectivity index (χ3v) is 4.08. The summed E-state index contributed by atoms with van der Waals surface area (Å²) in [6, 6.07) is 0. The van der Waals surface area contributed by atoms with Crippen LogP contribution in [0.3, 0.4) is 0 Å². The zero-order valence-corrected chi connectivity index (χ0v) is 20.3. The van der Waals surface area contributed by atoms with E-state index in [1.165, 1.54) is 0.639 Å². The molecule has 0 N–H and O–H groups in total. The monoisotopic (exact) mass is 513 g/mol. The van der Waals surface area contributed by atoms with E-state index < -0.39 is 21.8 Å². The molecular formula is C11H21B3F12KN2O2-3. The molecule has 1 heterocycles. The van der Waals surface area contributed by atoms with Crippen LogP contribution in [-0.2, 0) is 4.74 Å². The van der Waals surface area contributed by atoms with Gasteiger partial charge in [-0.1, -0.05) is 0 Å². The second-order valence-corrected chi connectivity index (χ2v) is 7.73. The first-order chi connectivity index (χ1) is 13.4. The van der Waals surface area contributed by atoms with Crippen LogP contribution < -0.4 is 0 Å². The fraction of sp³-hybridized carbons (Fsp3) is 0.909. The second kappa shape index (κ2) is 16.0. The van der Waals surface area contributed by atoms with Gasteiger partial charge in [0.05, 0.1) is 0 Å². The van der Waals surface area contributed by atoms with Crippen molar-refractivity contribution in [1.29, 1.82) is 0 Å². The largest absolute Gasteiger partial charge is 0.673 e. The molecule has 1 fully saturated rings. The van der Waals surface area contributed by atoms with E-state index in [-0.39, 0.29) is 11.7 Å². The number of ether oxygens (including phenoxy) is 1. The van der Waals surface area contributed by atoms with Crippen LogP contribution in [0.5, 0.6) is 0 Å². The van der Waals surface area contributed by atoms with E-state index in [0.717, 1.165) is 81.6 Å². The summed E-state index contributed by atoms with van der Waals surface area (Å²) in [6.45, 7) is 9.50. The van der Waals surface area contributed by atoms with E-state index in [4.69, 9.17) is 4.74 Å². The van der Waals surface area contributed by atoms with Gasteiger partial charge in [0.1, 0.15) is 0 Å². The Bertz CT molecular complexity index is 442. The Morgan fingerprint density at radius 3 is 1.42 bits per heavy atom. The Labute approximate surface area is 206 Å². The van der Waals surface area contributed by atoms with Crippen molar-refractivity contribution in [2.24, 2.45) is 0 Å². The summed E-state index contributed by atoms with van der Waals surface area (Å²) in [4.78, 5) is 16.1. The molecule has 0 aliphatic carbocycles. The molecule has 0 bridgehead atoms. The van der Waals surface area contributed by atoms with Gasteiger partial charge in [-0.3, -0.25) is 0 Å². The molecular weight excluding hydrogens is 492 g/mol. The fourth-order valence-corrected chi connectivity index (χ4v) is 2.78. The molecule has 0 spiro atoms. The number of halogens is 12. The molecule has 0 aromatic carbocycles. The van der Waals surface area contributed by atoms with Gasteiger partial charge < -0.3 is 51.8 Å². The Balaban J connectivity index is -0.000000428. The Morgan fingerprint density at radius 2 is 1.13 bits per heavy atom. The summed E-state index contributed by atoms with van der Waals surface area (Å²) in [5.74, 6) is 0. The molecule has 1 amide bonds. The number of rotatable bonds is 1. The van der Waals surface area contributed by atoms with Crippen molar-refractivity contribution >= 4 is 76.8 Å². The van der Waals surface area contributed by atoms with Gasteiger partial charge in [0.15, 0.2) is 0 Å². The first kappa shape index (κ1) is 35.8. The first-order valence-electron chi connectivity index (χ1n) is 8.74. The molecule has 0 radical (unpaired) electrons. The minimum atomic E-state index is -6.00. The van der Waals surface area contributed by atoms with Crippen LogP contribution >= 0.6 is 0 Å². The number of carbonyl (C=O) groups is 1. The van der Waals surface area contributed by atoms with Gasteiger partial charge in [-0.2, -0.15) is 0 Å². The van der Waals surface area contributed by atoms with Gasteiger partial charge in [-0.25, -0.2) is 0 Å². The van der Waals surface area contributed by atoms with Crippen molar-refractivity contribution in [2.75, 3.05) is 26.8 Å². The molecule has 184 valence electrons. The third kappa shape index (κ3) is 48.7. The van der Waals surface area contributed by atoms with Crippen molar-refractivity contribution in [1.82, 2.24) is 9.80 Å². The molecule has 1 aliphatic rings. The zero-order chi connectivity index (χ0) is 25.7. The normalized spacial score (nSPS) is 15.8. The van der Waals surface area contributed by atoms with Gasteiger partial charge in [-0.05, 0) is 0 Å². The topological polar surface area (TPSA) is 32.8 Å². The smallest absolute Gasteiger partial charge is 0.418 e. The van der Waals surface area contributed by atoms with Gasteiger partial charge >= 0.3 is 156 Å². The van der Waals surface area contributed by atoms with Crippen LogP contribution in [0, 0.1) is 0 Å². The van der Waals surface area contributed by atoms with E-state index >= 15 is 0 Å². The number of hydrogen-bond acceptors (Lipinski definition) is 3. The molecule has 0 saturated carbocycles. The van der Waals surface area contributed by atoms with Gasteiger partial charge in [0, 0.05) is 0 Å². The first-order valence-corrected chi connectivity index (χ1v) is 11.0. The second-order valence-electron chi connectivity index (χ2n) is 6.74. The van der Waals surface area contributed by atoms with Crippen molar-refractivity contribution in [2.45, 2.75) is 32.8 Å². The maximum Gasteiger partial charge on any atom is 0.673 e. The molecule has 1 saturated heterocycles. The number of hydrogen-bond donors (Lipinski definition) is 0. The standard InChI is InChI=1S/C11H21N2O2.3BF4.K/c1-11(2,3)15-10(14)13-7-5-6-12(4)8-9-13;3*2-1(3,4)5;/h4-9H2,1-3H3;;;;/q;3*-1;. The third-order valence-electron chi connectivity index (χ3n) is 2.69. The average molecular weight is 513 g/mol. The summed E-state index contributed by atoms with van der Waals surface area (Å²) in [5.41, 5.74) is -0.386. The molecule has 1 aliphatic heterocycles. The quantitative estimate of drug-likeness (QED) is 0.368. The molecule has 4 nitrogen and oxygen atoms in total. The van der Waals surface area contributed by atoms with E-state index in [2.05, 4.69) is 4.90 Å². The van der Waals surface area contributed by atoms with Crippen LogP contribution in [0.25, 0.3) is 0 Å². The number of amides is 1. The summed E-state index contributed by atoms with van der Waals surface area (Å²) >= 11 is 0.869. The van der Waals surface area contributed by atoms with Crippen LogP contribution in [0.2, 0.25) is 0 Å². The van der Waals surface area contributed by atoms with E-state index in [1.807, 2.05) is 25.7 Å². The molecule has 31 heavy (non-hydrogen) atoms. The summed E-state index contributed by atoms with van der Waals surface area (Å²) < 4.78 is 124. The van der Waals surface area contributed by atoms with Crippen LogP contribution in [0.4, 0.5) is 56.6 Å².